The Morgan fingerprint density at radius 1 is 1.12 bits per heavy atom. The normalized spacial score (nSPS) is 15.3. The van der Waals surface area contributed by atoms with Crippen LogP contribution >= 0.6 is 0 Å². The Morgan fingerprint density at radius 3 is 2.21 bits per heavy atom. The summed E-state index contributed by atoms with van der Waals surface area (Å²) < 4.78 is 5.36. The average Bonchev–Trinajstić information content (AvgIpc) is 2.99. The molecule has 0 unspecified atom stereocenters. The molecule has 1 heterocycles. The number of nitrogens with zero attached hydrogens (tertiary/aromatic N) is 2. The molecule has 5 heteroatoms. The average molecular weight is 332 g/mol. The van der Waals surface area contributed by atoms with Crippen LogP contribution in [0, 0.1) is 0 Å². The van der Waals surface area contributed by atoms with Gasteiger partial charge in [0.1, 0.15) is 5.60 Å². The number of hydrogen-bond acceptors (Lipinski definition) is 4. The summed E-state index contributed by atoms with van der Waals surface area (Å²) in [6.07, 6.45) is 2.48. The van der Waals surface area contributed by atoms with Crippen molar-refractivity contribution in [1.82, 2.24) is 4.90 Å². The second kappa shape index (κ2) is 7.79. The van der Waals surface area contributed by atoms with E-state index in [1.807, 2.05) is 32.9 Å². The maximum atomic E-state index is 12.1. The van der Waals surface area contributed by atoms with Gasteiger partial charge in [0.25, 0.3) is 0 Å². The van der Waals surface area contributed by atoms with Crippen LogP contribution in [0.15, 0.2) is 24.3 Å². The maximum Gasteiger partial charge on any atom is 0.338 e. The van der Waals surface area contributed by atoms with Crippen molar-refractivity contribution in [1.29, 1.82) is 0 Å². The smallest absolute Gasteiger partial charge is 0.338 e. The highest BCUT2D eigenvalue weighted by molar-refractivity contribution is 5.93. The molecule has 132 valence electrons. The lowest BCUT2D eigenvalue weighted by Crippen LogP contribution is -2.36. The van der Waals surface area contributed by atoms with Gasteiger partial charge in [0.05, 0.1) is 5.56 Å². The van der Waals surface area contributed by atoms with E-state index in [0.29, 0.717) is 12.1 Å². The van der Waals surface area contributed by atoms with Gasteiger partial charge in [0.2, 0.25) is 5.91 Å². The Balaban J connectivity index is 2.02. The third-order valence-electron chi connectivity index (χ3n) is 4.03. The van der Waals surface area contributed by atoms with E-state index in [0.717, 1.165) is 25.3 Å². The summed E-state index contributed by atoms with van der Waals surface area (Å²) in [5.74, 6) is -0.334. The van der Waals surface area contributed by atoms with E-state index >= 15 is 0 Å². The molecule has 1 saturated heterocycles. The Labute approximate surface area is 144 Å². The molecule has 5 nitrogen and oxygen atoms in total. The second-order valence-electron chi connectivity index (χ2n) is 7.27. The molecule has 0 radical (unpaired) electrons. The van der Waals surface area contributed by atoms with Crippen molar-refractivity contribution < 1.29 is 14.3 Å². The van der Waals surface area contributed by atoms with Crippen LogP contribution in [0.2, 0.25) is 0 Å². The lowest BCUT2D eigenvalue weighted by atomic mass is 10.1. The number of ether oxygens (including phenoxy) is 1. The minimum Gasteiger partial charge on any atom is -0.456 e. The predicted octanol–water partition coefficient (Wildman–Crippen LogP) is 3.09. The van der Waals surface area contributed by atoms with Gasteiger partial charge in [-0.2, -0.15) is 0 Å². The van der Waals surface area contributed by atoms with Crippen molar-refractivity contribution >= 4 is 17.6 Å². The van der Waals surface area contributed by atoms with Crippen molar-refractivity contribution in [3.05, 3.63) is 29.8 Å². The third kappa shape index (κ3) is 5.34. The van der Waals surface area contributed by atoms with Gasteiger partial charge in [0.15, 0.2) is 0 Å². The van der Waals surface area contributed by atoms with Crippen LogP contribution in [-0.4, -0.2) is 48.6 Å². The van der Waals surface area contributed by atoms with Crippen molar-refractivity contribution in [2.75, 3.05) is 31.1 Å². The fourth-order valence-corrected chi connectivity index (χ4v) is 2.83. The van der Waals surface area contributed by atoms with Crippen LogP contribution in [0.3, 0.4) is 0 Å². The van der Waals surface area contributed by atoms with Gasteiger partial charge in [-0.15, -0.1) is 0 Å². The highest BCUT2D eigenvalue weighted by Gasteiger charge is 2.19. The maximum absolute atomic E-state index is 12.1. The molecule has 1 aromatic rings. The second-order valence-corrected chi connectivity index (χ2v) is 7.27. The van der Waals surface area contributed by atoms with E-state index in [1.165, 1.54) is 12.8 Å². The van der Waals surface area contributed by atoms with Crippen LogP contribution in [-0.2, 0) is 9.53 Å². The summed E-state index contributed by atoms with van der Waals surface area (Å²) in [7, 11) is 0. The molecule has 0 spiro atoms. The van der Waals surface area contributed by atoms with Crippen LogP contribution in [0.5, 0.6) is 0 Å². The number of anilines is 1. The molecule has 0 saturated carbocycles. The first-order valence-corrected chi connectivity index (χ1v) is 8.60. The monoisotopic (exact) mass is 332 g/mol. The Kier molecular flexibility index (Phi) is 5.99. The highest BCUT2D eigenvalue weighted by Crippen LogP contribution is 2.18. The summed E-state index contributed by atoms with van der Waals surface area (Å²) in [5.41, 5.74) is 0.794. The van der Waals surface area contributed by atoms with Gasteiger partial charge in [-0.05, 0) is 71.0 Å². The zero-order valence-electron chi connectivity index (χ0n) is 15.2. The Morgan fingerprint density at radius 2 is 1.71 bits per heavy atom. The molecule has 0 bridgehead atoms. The summed E-state index contributed by atoms with van der Waals surface area (Å²) in [5, 5.41) is 0. The standard InChI is InChI=1S/C19H28N2O3/c1-15(22)21(14-13-20-11-5-6-12-20)17-9-7-16(8-10-17)18(23)24-19(2,3)4/h7-10H,5-6,11-14H2,1-4H3. The molecule has 1 fully saturated rings. The van der Waals surface area contributed by atoms with E-state index in [-0.39, 0.29) is 11.9 Å². The van der Waals surface area contributed by atoms with Crippen molar-refractivity contribution in [3.63, 3.8) is 0 Å². The number of carbonyl (C=O) groups is 2. The zero-order chi connectivity index (χ0) is 17.7. The molecular formula is C19H28N2O3. The van der Waals surface area contributed by atoms with E-state index in [9.17, 15) is 9.59 Å². The van der Waals surface area contributed by atoms with Crippen LogP contribution < -0.4 is 4.90 Å². The minimum absolute atomic E-state index is 0.0132. The largest absolute Gasteiger partial charge is 0.456 e. The first-order valence-electron chi connectivity index (χ1n) is 8.60. The fraction of sp³-hybridized carbons (Fsp3) is 0.579. The lowest BCUT2D eigenvalue weighted by molar-refractivity contribution is -0.116. The summed E-state index contributed by atoms with van der Waals surface area (Å²) in [4.78, 5) is 28.2. The number of rotatable bonds is 5. The van der Waals surface area contributed by atoms with Crippen LogP contribution in [0.4, 0.5) is 5.69 Å². The van der Waals surface area contributed by atoms with Gasteiger partial charge in [-0.3, -0.25) is 4.79 Å². The number of benzene rings is 1. The molecular weight excluding hydrogens is 304 g/mol. The molecule has 1 amide bonds. The summed E-state index contributed by atoms with van der Waals surface area (Å²) in [6.45, 7) is 10.9. The first-order chi connectivity index (χ1) is 11.3. The zero-order valence-corrected chi connectivity index (χ0v) is 15.2. The SMILES string of the molecule is CC(=O)N(CCN1CCCC1)c1ccc(C(=O)OC(C)(C)C)cc1. The molecule has 1 aromatic carbocycles. The number of amides is 1. The molecule has 1 aliphatic heterocycles. The molecule has 0 aromatic heterocycles. The number of carbonyl (C=O) groups excluding carboxylic acids is 2. The van der Waals surface area contributed by atoms with Crippen molar-refractivity contribution in [2.45, 2.75) is 46.1 Å². The lowest BCUT2D eigenvalue weighted by Gasteiger charge is -2.25. The van der Waals surface area contributed by atoms with E-state index in [2.05, 4.69) is 4.90 Å². The van der Waals surface area contributed by atoms with Gasteiger partial charge in [-0.25, -0.2) is 4.79 Å². The fourth-order valence-electron chi connectivity index (χ4n) is 2.83. The molecule has 0 N–H and O–H groups in total. The molecule has 2 rings (SSSR count). The van der Waals surface area contributed by atoms with E-state index < -0.39 is 5.60 Å². The topological polar surface area (TPSA) is 49.9 Å². The molecule has 1 aliphatic rings. The van der Waals surface area contributed by atoms with Gasteiger partial charge in [-0.1, -0.05) is 0 Å². The summed E-state index contributed by atoms with van der Waals surface area (Å²) >= 11 is 0. The molecule has 0 atom stereocenters. The molecule has 24 heavy (non-hydrogen) atoms. The van der Waals surface area contributed by atoms with Gasteiger partial charge in [0, 0.05) is 25.7 Å². The van der Waals surface area contributed by atoms with Crippen molar-refractivity contribution in [3.8, 4) is 0 Å². The predicted molar refractivity (Wildman–Crippen MR) is 95.3 cm³/mol. The van der Waals surface area contributed by atoms with Crippen LogP contribution in [0.1, 0.15) is 50.9 Å². The van der Waals surface area contributed by atoms with Crippen LogP contribution in [0.25, 0.3) is 0 Å². The Bertz CT molecular complexity index is 569. The highest BCUT2D eigenvalue weighted by atomic mass is 16.6. The number of hydrogen-bond donors (Lipinski definition) is 0. The third-order valence-corrected chi connectivity index (χ3v) is 4.03. The van der Waals surface area contributed by atoms with E-state index in [1.54, 1.807) is 24.0 Å². The quantitative estimate of drug-likeness (QED) is 0.778. The Hall–Kier alpha value is -1.88. The van der Waals surface area contributed by atoms with Gasteiger partial charge >= 0.3 is 5.97 Å². The first kappa shape index (κ1) is 18.5. The number of likely N-dealkylation sites (tertiary alicyclic amines) is 1. The molecule has 0 aliphatic carbocycles. The van der Waals surface area contributed by atoms with Gasteiger partial charge < -0.3 is 14.5 Å². The van der Waals surface area contributed by atoms with E-state index in [4.69, 9.17) is 4.74 Å². The van der Waals surface area contributed by atoms with Crippen molar-refractivity contribution in [2.24, 2.45) is 0 Å². The summed E-state index contributed by atoms with van der Waals surface area (Å²) in [6, 6.07) is 7.06. The minimum atomic E-state index is -0.517. The number of esters is 1.